The summed E-state index contributed by atoms with van der Waals surface area (Å²) in [6.45, 7) is 0.230. The van der Waals surface area contributed by atoms with Crippen LogP contribution >= 0.6 is 23.2 Å². The number of rotatable bonds is 4. The Morgan fingerprint density at radius 1 is 1.40 bits per heavy atom. The number of aromatic nitrogens is 4. The number of carbonyl (C=O) groups is 1. The maximum absolute atomic E-state index is 11.2. The summed E-state index contributed by atoms with van der Waals surface area (Å²) < 4.78 is 1.47. The molecule has 0 aliphatic heterocycles. The second-order valence-electron chi connectivity index (χ2n) is 4.85. The van der Waals surface area contributed by atoms with Crippen molar-refractivity contribution in [3.63, 3.8) is 0 Å². The molecule has 1 saturated carbocycles. The molecule has 1 aliphatic carbocycles. The minimum atomic E-state index is -0.823. The Morgan fingerprint density at radius 3 is 2.80 bits per heavy atom. The average Bonchev–Trinajstić information content (AvgIpc) is 3.06. The first-order valence-electron chi connectivity index (χ1n) is 5.97. The largest absolute Gasteiger partial charge is 0.481 e. The van der Waals surface area contributed by atoms with Gasteiger partial charge in [-0.2, -0.15) is 0 Å². The van der Waals surface area contributed by atoms with E-state index in [2.05, 4.69) is 15.5 Å². The minimum Gasteiger partial charge on any atom is -0.481 e. The van der Waals surface area contributed by atoms with Gasteiger partial charge in [0.15, 0.2) is 5.82 Å². The summed E-state index contributed by atoms with van der Waals surface area (Å²) >= 11 is 12.1. The molecule has 1 N–H and O–H groups in total. The molecule has 2 aromatic rings. The van der Waals surface area contributed by atoms with Crippen LogP contribution in [-0.2, 0) is 11.3 Å². The van der Waals surface area contributed by atoms with Gasteiger partial charge in [-0.15, -0.1) is 5.10 Å². The lowest BCUT2D eigenvalue weighted by Crippen LogP contribution is -2.22. The van der Waals surface area contributed by atoms with Gasteiger partial charge in [0.1, 0.15) is 0 Å². The third-order valence-corrected chi connectivity index (χ3v) is 4.30. The fourth-order valence-corrected chi connectivity index (χ4v) is 2.44. The van der Waals surface area contributed by atoms with E-state index in [-0.39, 0.29) is 6.54 Å². The van der Waals surface area contributed by atoms with Gasteiger partial charge in [-0.1, -0.05) is 29.3 Å². The van der Waals surface area contributed by atoms with Gasteiger partial charge in [0.2, 0.25) is 0 Å². The predicted octanol–water partition coefficient (Wildman–Crippen LogP) is 2.51. The number of carboxylic acids is 1. The third kappa shape index (κ3) is 2.14. The number of carboxylic acid groups (broad SMARTS) is 1. The van der Waals surface area contributed by atoms with Crippen molar-refractivity contribution in [3.05, 3.63) is 28.2 Å². The molecule has 0 atom stereocenters. The summed E-state index contributed by atoms with van der Waals surface area (Å²) in [5, 5.41) is 21.4. The first kappa shape index (κ1) is 13.3. The van der Waals surface area contributed by atoms with Gasteiger partial charge in [-0.05, 0) is 35.4 Å². The standard InChI is InChI=1S/C12H10Cl2N4O2/c13-8-3-1-2-7(9(8)14)10-15-16-17-18(10)6-12(4-5-12)11(19)20/h1-3H,4-6H2,(H,19,20). The summed E-state index contributed by atoms with van der Waals surface area (Å²) in [6.07, 6.45) is 1.26. The molecule has 0 bridgehead atoms. The quantitative estimate of drug-likeness (QED) is 0.938. The molecular formula is C12H10Cl2N4O2. The number of halogens is 2. The van der Waals surface area contributed by atoms with Crippen LogP contribution in [0.4, 0.5) is 0 Å². The van der Waals surface area contributed by atoms with Crippen LogP contribution in [0, 0.1) is 5.41 Å². The fraction of sp³-hybridized carbons (Fsp3) is 0.333. The van der Waals surface area contributed by atoms with Gasteiger partial charge in [0.05, 0.1) is 22.0 Å². The van der Waals surface area contributed by atoms with Crippen LogP contribution in [0.15, 0.2) is 18.2 Å². The van der Waals surface area contributed by atoms with Gasteiger partial charge < -0.3 is 5.11 Å². The van der Waals surface area contributed by atoms with Crippen molar-refractivity contribution in [2.45, 2.75) is 19.4 Å². The molecule has 6 nitrogen and oxygen atoms in total. The summed E-state index contributed by atoms with van der Waals surface area (Å²) in [7, 11) is 0. The zero-order chi connectivity index (χ0) is 14.3. The topological polar surface area (TPSA) is 80.9 Å². The number of tetrazole rings is 1. The predicted molar refractivity (Wildman–Crippen MR) is 72.6 cm³/mol. The molecule has 0 amide bonds. The highest BCUT2D eigenvalue weighted by Gasteiger charge is 2.51. The summed E-state index contributed by atoms with van der Waals surface area (Å²) in [4.78, 5) is 11.2. The summed E-state index contributed by atoms with van der Waals surface area (Å²) in [6, 6.07) is 5.16. The van der Waals surface area contributed by atoms with Gasteiger partial charge in [0, 0.05) is 5.56 Å². The van der Waals surface area contributed by atoms with Crippen molar-refractivity contribution in [3.8, 4) is 11.4 Å². The highest BCUT2D eigenvalue weighted by Crippen LogP contribution is 2.47. The molecule has 104 valence electrons. The van der Waals surface area contributed by atoms with Crippen LogP contribution in [-0.4, -0.2) is 31.3 Å². The highest BCUT2D eigenvalue weighted by molar-refractivity contribution is 6.43. The molecule has 1 aromatic heterocycles. The van der Waals surface area contributed by atoms with E-state index in [1.807, 2.05) is 0 Å². The first-order chi connectivity index (χ1) is 9.53. The van der Waals surface area contributed by atoms with Crippen LogP contribution in [0.3, 0.4) is 0 Å². The van der Waals surface area contributed by atoms with Crippen LogP contribution in [0.1, 0.15) is 12.8 Å². The van der Waals surface area contributed by atoms with Crippen molar-refractivity contribution < 1.29 is 9.90 Å². The lowest BCUT2D eigenvalue weighted by Gasteiger charge is -2.11. The number of hydrogen-bond acceptors (Lipinski definition) is 4. The van der Waals surface area contributed by atoms with Gasteiger partial charge in [-0.3, -0.25) is 4.79 Å². The van der Waals surface area contributed by atoms with E-state index in [0.717, 1.165) is 0 Å². The summed E-state index contributed by atoms with van der Waals surface area (Å²) in [5.74, 6) is -0.402. The Labute approximate surface area is 124 Å². The number of nitrogens with zero attached hydrogens (tertiary/aromatic N) is 4. The smallest absolute Gasteiger partial charge is 0.311 e. The van der Waals surface area contributed by atoms with Crippen LogP contribution in [0.5, 0.6) is 0 Å². The van der Waals surface area contributed by atoms with Gasteiger partial charge in [0.25, 0.3) is 0 Å². The zero-order valence-electron chi connectivity index (χ0n) is 10.3. The van der Waals surface area contributed by atoms with Crippen LogP contribution in [0.25, 0.3) is 11.4 Å². The van der Waals surface area contributed by atoms with Crippen molar-refractivity contribution >= 4 is 29.2 Å². The summed E-state index contributed by atoms with van der Waals surface area (Å²) in [5.41, 5.74) is -0.166. The van der Waals surface area contributed by atoms with Gasteiger partial charge >= 0.3 is 5.97 Å². The molecule has 1 fully saturated rings. The molecule has 20 heavy (non-hydrogen) atoms. The highest BCUT2D eigenvalue weighted by atomic mass is 35.5. The molecule has 1 aliphatic rings. The van der Waals surface area contributed by atoms with E-state index >= 15 is 0 Å². The molecule has 0 saturated heterocycles. The first-order valence-corrected chi connectivity index (χ1v) is 6.73. The van der Waals surface area contributed by atoms with Gasteiger partial charge in [-0.25, -0.2) is 4.68 Å². The number of benzene rings is 1. The van der Waals surface area contributed by atoms with E-state index in [1.54, 1.807) is 18.2 Å². The molecule has 1 aromatic carbocycles. The number of aliphatic carboxylic acids is 1. The number of hydrogen-bond donors (Lipinski definition) is 1. The van der Waals surface area contributed by atoms with E-state index in [1.165, 1.54) is 4.68 Å². The maximum atomic E-state index is 11.2. The maximum Gasteiger partial charge on any atom is 0.311 e. The Hall–Kier alpha value is -1.66. The normalized spacial score (nSPS) is 16.1. The fourth-order valence-electron chi connectivity index (χ4n) is 2.06. The van der Waals surface area contributed by atoms with Crippen molar-refractivity contribution in [2.75, 3.05) is 0 Å². The van der Waals surface area contributed by atoms with E-state index in [0.29, 0.717) is 34.3 Å². The SMILES string of the molecule is O=C(O)C1(Cn2nnnc2-c2cccc(Cl)c2Cl)CC1. The Kier molecular flexibility index (Phi) is 3.14. The molecular weight excluding hydrogens is 303 g/mol. The average molecular weight is 313 g/mol. The molecule has 1 heterocycles. The van der Waals surface area contributed by atoms with E-state index in [4.69, 9.17) is 23.2 Å². The molecule has 0 unspecified atom stereocenters. The second kappa shape index (κ2) is 4.71. The second-order valence-corrected chi connectivity index (χ2v) is 5.63. The Balaban J connectivity index is 1.99. The van der Waals surface area contributed by atoms with Crippen LogP contribution < -0.4 is 0 Å². The van der Waals surface area contributed by atoms with E-state index in [9.17, 15) is 9.90 Å². The van der Waals surface area contributed by atoms with Crippen LogP contribution in [0.2, 0.25) is 10.0 Å². The molecule has 0 spiro atoms. The molecule has 3 rings (SSSR count). The molecule has 8 heteroatoms. The van der Waals surface area contributed by atoms with Crippen molar-refractivity contribution in [1.82, 2.24) is 20.2 Å². The van der Waals surface area contributed by atoms with Crippen molar-refractivity contribution in [1.29, 1.82) is 0 Å². The molecule has 0 radical (unpaired) electrons. The Bertz CT molecular complexity index is 682. The lowest BCUT2D eigenvalue weighted by molar-refractivity contribution is -0.144. The Morgan fingerprint density at radius 2 is 2.15 bits per heavy atom. The van der Waals surface area contributed by atoms with Crippen molar-refractivity contribution in [2.24, 2.45) is 5.41 Å². The monoisotopic (exact) mass is 312 g/mol. The lowest BCUT2D eigenvalue weighted by atomic mass is 10.1. The third-order valence-electron chi connectivity index (χ3n) is 3.48. The minimum absolute atomic E-state index is 0.230. The zero-order valence-corrected chi connectivity index (χ0v) is 11.8. The van der Waals surface area contributed by atoms with E-state index < -0.39 is 11.4 Å².